The molecule has 1 rings (SSSR count). The number of aromatic carboxylic acids is 1. The van der Waals surface area contributed by atoms with Crippen molar-refractivity contribution in [2.45, 2.75) is 0 Å². The lowest BCUT2D eigenvalue weighted by Crippen LogP contribution is -2.30. The van der Waals surface area contributed by atoms with E-state index in [-0.39, 0.29) is 16.6 Å². The van der Waals surface area contributed by atoms with Crippen LogP contribution in [0.15, 0.2) is 30.9 Å². The van der Waals surface area contributed by atoms with E-state index in [2.05, 4.69) is 17.2 Å². The van der Waals surface area contributed by atoms with Crippen LogP contribution in [0.4, 0.5) is 10.5 Å². The minimum atomic E-state index is -1.14. The lowest BCUT2D eigenvalue weighted by molar-refractivity contribution is 0.0697. The van der Waals surface area contributed by atoms with Crippen LogP contribution in [0.25, 0.3) is 0 Å². The molecule has 1 aromatic carbocycles. The minimum Gasteiger partial charge on any atom is -0.478 e. The summed E-state index contributed by atoms with van der Waals surface area (Å²) in [6.45, 7) is 4.12. The molecule has 0 spiro atoms. The van der Waals surface area contributed by atoms with E-state index >= 15 is 0 Å². The van der Waals surface area contributed by atoms with Gasteiger partial charge in [0, 0.05) is 23.7 Å². The SMILES string of the molecule is C=CCSCCNC(=O)Nc1ccc(Cl)c(C(=O)O)c1. The summed E-state index contributed by atoms with van der Waals surface area (Å²) in [7, 11) is 0. The van der Waals surface area contributed by atoms with Gasteiger partial charge in [0.25, 0.3) is 0 Å². The van der Waals surface area contributed by atoms with Gasteiger partial charge in [0.2, 0.25) is 0 Å². The van der Waals surface area contributed by atoms with Crippen LogP contribution in [-0.4, -0.2) is 35.2 Å². The number of anilines is 1. The fourth-order valence-corrected chi connectivity index (χ4v) is 2.12. The van der Waals surface area contributed by atoms with Gasteiger partial charge in [0.05, 0.1) is 10.6 Å². The molecular weight excluding hydrogens is 300 g/mol. The number of carboxylic acids is 1. The van der Waals surface area contributed by atoms with Gasteiger partial charge in [-0.05, 0) is 18.2 Å². The minimum absolute atomic E-state index is 0.0500. The molecule has 0 heterocycles. The molecule has 20 heavy (non-hydrogen) atoms. The van der Waals surface area contributed by atoms with Crippen molar-refractivity contribution in [3.63, 3.8) is 0 Å². The van der Waals surface area contributed by atoms with Gasteiger partial charge in [-0.15, -0.1) is 6.58 Å². The van der Waals surface area contributed by atoms with E-state index < -0.39 is 5.97 Å². The van der Waals surface area contributed by atoms with Crippen LogP contribution >= 0.6 is 23.4 Å². The van der Waals surface area contributed by atoms with Gasteiger partial charge < -0.3 is 15.7 Å². The Morgan fingerprint density at radius 2 is 2.20 bits per heavy atom. The summed E-state index contributed by atoms with van der Waals surface area (Å²) >= 11 is 7.39. The molecule has 108 valence electrons. The van der Waals surface area contributed by atoms with Crippen molar-refractivity contribution in [3.8, 4) is 0 Å². The predicted octanol–water partition coefficient (Wildman–Crippen LogP) is 3.08. The fraction of sp³-hybridized carbons (Fsp3) is 0.231. The molecule has 1 aromatic rings. The molecule has 0 saturated carbocycles. The summed E-state index contributed by atoms with van der Waals surface area (Å²) in [5.41, 5.74) is 0.328. The molecule has 0 aliphatic rings. The third-order valence-corrected chi connectivity index (χ3v) is 3.52. The molecule has 0 aliphatic carbocycles. The van der Waals surface area contributed by atoms with Gasteiger partial charge in [-0.25, -0.2) is 9.59 Å². The maximum Gasteiger partial charge on any atom is 0.337 e. The highest BCUT2D eigenvalue weighted by Gasteiger charge is 2.10. The van der Waals surface area contributed by atoms with Crippen molar-refractivity contribution in [3.05, 3.63) is 41.4 Å². The largest absolute Gasteiger partial charge is 0.478 e. The van der Waals surface area contributed by atoms with E-state index in [1.807, 2.05) is 0 Å². The zero-order chi connectivity index (χ0) is 15.0. The van der Waals surface area contributed by atoms with E-state index in [0.717, 1.165) is 11.5 Å². The average molecular weight is 315 g/mol. The highest BCUT2D eigenvalue weighted by molar-refractivity contribution is 7.99. The third kappa shape index (κ3) is 5.54. The maximum atomic E-state index is 11.6. The van der Waals surface area contributed by atoms with Crippen LogP contribution < -0.4 is 10.6 Å². The molecule has 5 nitrogen and oxygen atoms in total. The van der Waals surface area contributed by atoms with Crippen molar-refractivity contribution in [1.82, 2.24) is 5.32 Å². The van der Waals surface area contributed by atoms with E-state index in [1.54, 1.807) is 23.9 Å². The van der Waals surface area contributed by atoms with Gasteiger partial charge in [0.15, 0.2) is 0 Å². The van der Waals surface area contributed by atoms with Crippen molar-refractivity contribution in [2.24, 2.45) is 0 Å². The molecule has 7 heteroatoms. The van der Waals surface area contributed by atoms with Crippen LogP contribution in [0.3, 0.4) is 0 Å². The Labute approximate surface area is 126 Å². The zero-order valence-corrected chi connectivity index (χ0v) is 12.3. The molecule has 3 N–H and O–H groups in total. The zero-order valence-electron chi connectivity index (χ0n) is 10.7. The number of thioether (sulfide) groups is 1. The van der Waals surface area contributed by atoms with Gasteiger partial charge in [0.1, 0.15) is 0 Å². The topological polar surface area (TPSA) is 78.4 Å². The second-order valence-corrected chi connectivity index (χ2v) is 5.30. The second-order valence-electron chi connectivity index (χ2n) is 3.74. The number of amides is 2. The third-order valence-electron chi connectivity index (χ3n) is 2.22. The summed E-state index contributed by atoms with van der Waals surface area (Å²) in [4.78, 5) is 22.5. The van der Waals surface area contributed by atoms with Crippen LogP contribution in [0, 0.1) is 0 Å². The smallest absolute Gasteiger partial charge is 0.337 e. The predicted molar refractivity (Wildman–Crippen MR) is 83.0 cm³/mol. The number of urea groups is 1. The Morgan fingerprint density at radius 3 is 2.85 bits per heavy atom. The van der Waals surface area contributed by atoms with Crippen molar-refractivity contribution < 1.29 is 14.7 Å². The first-order valence-corrected chi connectivity index (χ1v) is 7.34. The summed E-state index contributed by atoms with van der Waals surface area (Å²) in [6, 6.07) is 3.90. The Balaban J connectivity index is 2.47. The van der Waals surface area contributed by atoms with E-state index in [9.17, 15) is 9.59 Å². The number of carbonyl (C=O) groups excluding carboxylic acids is 1. The number of carbonyl (C=O) groups is 2. The van der Waals surface area contributed by atoms with Crippen molar-refractivity contribution in [2.75, 3.05) is 23.4 Å². The second kappa shape index (κ2) is 8.50. The lowest BCUT2D eigenvalue weighted by atomic mass is 10.2. The Hall–Kier alpha value is -1.66. The highest BCUT2D eigenvalue weighted by atomic mass is 35.5. The quantitative estimate of drug-likeness (QED) is 0.534. The van der Waals surface area contributed by atoms with Gasteiger partial charge in [-0.3, -0.25) is 0 Å². The first-order valence-electron chi connectivity index (χ1n) is 5.81. The van der Waals surface area contributed by atoms with Crippen molar-refractivity contribution in [1.29, 1.82) is 0 Å². The van der Waals surface area contributed by atoms with Crippen LogP contribution in [-0.2, 0) is 0 Å². The molecule has 2 amide bonds. The number of carboxylic acid groups (broad SMARTS) is 1. The molecule has 0 bridgehead atoms. The Bertz CT molecular complexity index is 508. The molecule has 0 saturated heterocycles. The highest BCUT2D eigenvalue weighted by Crippen LogP contribution is 2.20. The first-order chi connectivity index (χ1) is 9.54. The Morgan fingerprint density at radius 1 is 1.45 bits per heavy atom. The van der Waals surface area contributed by atoms with Gasteiger partial charge in [-0.1, -0.05) is 17.7 Å². The molecule has 0 fully saturated rings. The molecule has 0 aliphatic heterocycles. The molecule has 0 unspecified atom stereocenters. The molecule has 0 aromatic heterocycles. The molecule has 0 radical (unpaired) electrons. The van der Waals surface area contributed by atoms with Gasteiger partial charge in [-0.2, -0.15) is 11.8 Å². The monoisotopic (exact) mass is 314 g/mol. The number of hydrogen-bond acceptors (Lipinski definition) is 3. The van der Waals surface area contributed by atoms with E-state index in [1.165, 1.54) is 12.1 Å². The summed E-state index contributed by atoms with van der Waals surface area (Å²) in [5, 5.41) is 14.3. The number of halogens is 1. The number of benzene rings is 1. The summed E-state index contributed by atoms with van der Waals surface area (Å²) in [5.74, 6) is 0.475. The molecule has 0 atom stereocenters. The number of nitrogens with one attached hydrogen (secondary N) is 2. The molecular formula is C13H15ClN2O3S. The Kier molecular flexibility index (Phi) is 6.97. The van der Waals surface area contributed by atoms with Crippen LogP contribution in [0.5, 0.6) is 0 Å². The first kappa shape index (κ1) is 16.4. The summed E-state index contributed by atoms with van der Waals surface area (Å²) in [6.07, 6.45) is 1.80. The normalized spacial score (nSPS) is 9.85. The number of rotatable bonds is 7. The van der Waals surface area contributed by atoms with Crippen LogP contribution in [0.1, 0.15) is 10.4 Å². The standard InChI is InChI=1S/C13H15ClN2O3S/c1-2-6-20-7-5-15-13(19)16-9-3-4-11(14)10(8-9)12(17)18/h2-4,8H,1,5-7H2,(H,17,18)(H2,15,16,19). The van der Waals surface area contributed by atoms with Crippen LogP contribution in [0.2, 0.25) is 5.02 Å². The average Bonchev–Trinajstić information content (AvgIpc) is 2.40. The van der Waals surface area contributed by atoms with Crippen molar-refractivity contribution >= 4 is 41.1 Å². The summed E-state index contributed by atoms with van der Waals surface area (Å²) < 4.78 is 0. The van der Waals surface area contributed by atoms with E-state index in [0.29, 0.717) is 12.2 Å². The van der Waals surface area contributed by atoms with Gasteiger partial charge >= 0.3 is 12.0 Å². The number of hydrogen-bond donors (Lipinski definition) is 3. The lowest BCUT2D eigenvalue weighted by Gasteiger charge is -2.08. The fourth-order valence-electron chi connectivity index (χ4n) is 1.35. The maximum absolute atomic E-state index is 11.6. The van der Waals surface area contributed by atoms with E-state index in [4.69, 9.17) is 16.7 Å².